The molecule has 38 heavy (non-hydrogen) atoms. The largest absolute Gasteiger partial charge is 0.465 e. The Labute approximate surface area is 215 Å². The minimum atomic E-state index is -4.45. The molecule has 0 radical (unpaired) electrons. The first-order chi connectivity index (χ1) is 18.1. The molecule has 2 aliphatic rings. The van der Waals surface area contributed by atoms with Crippen molar-refractivity contribution in [2.24, 2.45) is 0 Å². The lowest BCUT2D eigenvalue weighted by molar-refractivity contribution is -0.196. The van der Waals surface area contributed by atoms with Crippen molar-refractivity contribution in [1.82, 2.24) is 25.0 Å². The Morgan fingerprint density at radius 2 is 1.89 bits per heavy atom. The lowest BCUT2D eigenvalue weighted by atomic mass is 9.85. The molecule has 0 spiro atoms. The highest BCUT2D eigenvalue weighted by Crippen LogP contribution is 2.45. The van der Waals surface area contributed by atoms with Gasteiger partial charge in [-0.2, -0.15) is 23.5 Å². The van der Waals surface area contributed by atoms with Crippen LogP contribution < -0.4 is 16.2 Å². The second kappa shape index (κ2) is 9.36. The lowest BCUT2D eigenvalue weighted by Gasteiger charge is -2.40. The number of rotatable bonds is 5. The highest BCUT2D eigenvalue weighted by Gasteiger charge is 2.57. The van der Waals surface area contributed by atoms with Crippen LogP contribution in [0.5, 0.6) is 0 Å². The Balaban J connectivity index is 1.51. The number of nitrogens with zero attached hydrogens (tertiary/aromatic N) is 4. The molecule has 2 fully saturated rings. The van der Waals surface area contributed by atoms with Gasteiger partial charge in [0.25, 0.3) is 5.56 Å². The average Bonchev–Trinajstić information content (AvgIpc) is 3.52. The van der Waals surface area contributed by atoms with Crippen molar-refractivity contribution in [2.75, 3.05) is 25.0 Å². The molecule has 0 bridgehead atoms. The fourth-order valence-corrected chi connectivity index (χ4v) is 5.62. The zero-order valence-corrected chi connectivity index (χ0v) is 20.3. The standard InChI is InChI=1S/C25H26F3N7O3/c26-25(27,28)24(7-1-12-31-24)16-2-4-17(5-3-16)32-20-19-18(6-13-30-21(19)36)35(33-20)23(8-11-29)9-14-34(15-10-23)22(37)38/h2-6,13,31H,1,7-10,12,14-15H2,(H,30,36)(H,32,33)(H,37,38). The number of amides is 1. The van der Waals surface area contributed by atoms with Crippen LogP contribution in [0.4, 0.5) is 29.5 Å². The van der Waals surface area contributed by atoms with Crippen LogP contribution >= 0.6 is 0 Å². The number of carboxylic acid groups (broad SMARTS) is 1. The summed E-state index contributed by atoms with van der Waals surface area (Å²) in [7, 11) is 0. The molecule has 5 rings (SSSR count). The van der Waals surface area contributed by atoms with Gasteiger partial charge in [-0.1, -0.05) is 12.1 Å². The molecule has 1 amide bonds. The van der Waals surface area contributed by atoms with E-state index in [4.69, 9.17) is 0 Å². The molecular formula is C25H26F3N7O3. The van der Waals surface area contributed by atoms with E-state index in [9.17, 15) is 33.1 Å². The van der Waals surface area contributed by atoms with Crippen LogP contribution in [0.3, 0.4) is 0 Å². The summed E-state index contributed by atoms with van der Waals surface area (Å²) in [4.78, 5) is 28.2. The fourth-order valence-electron chi connectivity index (χ4n) is 5.62. The van der Waals surface area contributed by atoms with E-state index in [2.05, 4.69) is 26.8 Å². The number of aromatic amines is 1. The van der Waals surface area contributed by atoms with Crippen molar-refractivity contribution in [2.45, 2.75) is 49.4 Å². The number of anilines is 2. The fraction of sp³-hybridized carbons (Fsp3) is 0.440. The lowest BCUT2D eigenvalue weighted by Crippen LogP contribution is -2.49. The first-order valence-electron chi connectivity index (χ1n) is 12.3. The quantitative estimate of drug-likeness (QED) is 0.392. The number of hydrogen-bond donors (Lipinski definition) is 4. The number of carbonyl (C=O) groups is 1. The van der Waals surface area contributed by atoms with E-state index < -0.39 is 28.9 Å². The highest BCUT2D eigenvalue weighted by molar-refractivity contribution is 5.91. The van der Waals surface area contributed by atoms with Gasteiger partial charge in [-0.3, -0.25) is 14.8 Å². The number of alkyl halides is 3. The number of nitrogens with one attached hydrogen (secondary N) is 3. The summed E-state index contributed by atoms with van der Waals surface area (Å²) in [5.41, 5.74) is -2.32. The number of aromatic nitrogens is 3. The maximum atomic E-state index is 13.9. The van der Waals surface area contributed by atoms with Crippen molar-refractivity contribution < 1.29 is 23.1 Å². The van der Waals surface area contributed by atoms with Gasteiger partial charge in [-0.15, -0.1) is 0 Å². The molecule has 4 heterocycles. The second-order valence-electron chi connectivity index (χ2n) is 9.79. The molecule has 2 aliphatic heterocycles. The molecule has 13 heteroatoms. The minimum Gasteiger partial charge on any atom is -0.465 e. The van der Waals surface area contributed by atoms with Gasteiger partial charge in [0.2, 0.25) is 0 Å². The predicted molar refractivity (Wildman–Crippen MR) is 132 cm³/mol. The van der Waals surface area contributed by atoms with Crippen molar-refractivity contribution >= 4 is 28.5 Å². The number of likely N-dealkylation sites (tertiary alicyclic amines) is 1. The third-order valence-corrected chi connectivity index (χ3v) is 7.71. The number of piperidine rings is 1. The summed E-state index contributed by atoms with van der Waals surface area (Å²) in [6.07, 6.45) is -2.93. The number of hydrogen-bond acceptors (Lipinski definition) is 6. The van der Waals surface area contributed by atoms with E-state index in [1.165, 1.54) is 35.4 Å². The van der Waals surface area contributed by atoms with Gasteiger partial charge in [-0.05, 0) is 56.0 Å². The van der Waals surface area contributed by atoms with Crippen LogP contribution in [0.25, 0.3) is 10.9 Å². The van der Waals surface area contributed by atoms with Crippen molar-refractivity contribution in [1.29, 1.82) is 5.26 Å². The first kappa shape index (κ1) is 25.6. The zero-order chi connectivity index (χ0) is 27.1. The van der Waals surface area contributed by atoms with E-state index in [1.807, 2.05) is 0 Å². The Bertz CT molecular complexity index is 1440. The molecule has 10 nitrogen and oxygen atoms in total. The molecule has 0 aliphatic carbocycles. The smallest absolute Gasteiger partial charge is 0.410 e. The Morgan fingerprint density at radius 1 is 1.18 bits per heavy atom. The van der Waals surface area contributed by atoms with Gasteiger partial charge in [0.05, 0.1) is 23.5 Å². The molecule has 0 saturated carbocycles. The topological polar surface area (TPSA) is 139 Å². The SMILES string of the molecule is N#CCC1(n2nc(Nc3ccc(C4(C(F)(F)F)CCCN4)cc3)c3c(=O)[nH]ccc32)CCN(C(=O)O)CC1. The van der Waals surface area contributed by atoms with Crippen molar-refractivity contribution in [3.8, 4) is 6.07 Å². The molecule has 3 aromatic rings. The van der Waals surface area contributed by atoms with E-state index in [0.717, 1.165) is 0 Å². The number of fused-ring (bicyclic) bond motifs is 1. The zero-order valence-electron chi connectivity index (χ0n) is 20.3. The average molecular weight is 530 g/mol. The summed E-state index contributed by atoms with van der Waals surface area (Å²) in [5, 5.41) is 29.5. The normalized spacial score (nSPS) is 21.4. The molecule has 4 N–H and O–H groups in total. The third kappa shape index (κ3) is 4.14. The van der Waals surface area contributed by atoms with Crippen molar-refractivity contribution in [3.05, 3.63) is 52.4 Å². The summed E-state index contributed by atoms with van der Waals surface area (Å²) in [6.45, 7) is 0.696. The van der Waals surface area contributed by atoms with Gasteiger partial charge in [0, 0.05) is 25.0 Å². The molecule has 1 unspecified atom stereocenters. The van der Waals surface area contributed by atoms with Crippen LogP contribution in [-0.4, -0.2) is 56.7 Å². The number of pyridine rings is 1. The van der Waals surface area contributed by atoms with Crippen LogP contribution in [0, 0.1) is 11.3 Å². The number of H-pyrrole nitrogens is 1. The summed E-state index contributed by atoms with van der Waals surface area (Å²) >= 11 is 0. The monoisotopic (exact) mass is 529 g/mol. The first-order valence-corrected chi connectivity index (χ1v) is 12.3. The Kier molecular flexibility index (Phi) is 6.30. The molecule has 200 valence electrons. The van der Waals surface area contributed by atoms with Gasteiger partial charge >= 0.3 is 12.3 Å². The van der Waals surface area contributed by atoms with E-state index in [-0.39, 0.29) is 49.2 Å². The predicted octanol–water partition coefficient (Wildman–Crippen LogP) is 3.99. The van der Waals surface area contributed by atoms with Crippen LogP contribution in [0.2, 0.25) is 0 Å². The van der Waals surface area contributed by atoms with E-state index in [0.29, 0.717) is 30.5 Å². The third-order valence-electron chi connectivity index (χ3n) is 7.71. The number of benzene rings is 1. The van der Waals surface area contributed by atoms with E-state index >= 15 is 0 Å². The van der Waals surface area contributed by atoms with Crippen LogP contribution in [-0.2, 0) is 11.1 Å². The Hall–Kier alpha value is -4.05. The molecule has 2 aromatic heterocycles. The Morgan fingerprint density at radius 3 is 2.47 bits per heavy atom. The summed E-state index contributed by atoms with van der Waals surface area (Å²) in [5.74, 6) is 0.192. The maximum Gasteiger partial charge on any atom is 0.410 e. The highest BCUT2D eigenvalue weighted by atomic mass is 19.4. The van der Waals surface area contributed by atoms with Gasteiger partial charge in [0.15, 0.2) is 5.82 Å². The summed E-state index contributed by atoms with van der Waals surface area (Å²) in [6, 6.07) is 9.70. The second-order valence-corrected chi connectivity index (χ2v) is 9.79. The van der Waals surface area contributed by atoms with Gasteiger partial charge in [-0.25, -0.2) is 4.79 Å². The van der Waals surface area contributed by atoms with Crippen molar-refractivity contribution in [3.63, 3.8) is 0 Å². The summed E-state index contributed by atoms with van der Waals surface area (Å²) < 4.78 is 43.4. The van der Waals surface area contributed by atoms with Crippen LogP contribution in [0.1, 0.15) is 37.7 Å². The van der Waals surface area contributed by atoms with E-state index in [1.54, 1.807) is 10.7 Å². The molecule has 2 saturated heterocycles. The molecule has 1 aromatic carbocycles. The maximum absolute atomic E-state index is 13.9. The van der Waals surface area contributed by atoms with Gasteiger partial charge in [0.1, 0.15) is 10.9 Å². The molecule has 1 atom stereocenters. The number of halogens is 3. The van der Waals surface area contributed by atoms with Gasteiger partial charge < -0.3 is 20.3 Å². The molecular weight excluding hydrogens is 503 g/mol. The minimum absolute atomic E-state index is 0.0476. The van der Waals surface area contributed by atoms with Crippen LogP contribution in [0.15, 0.2) is 41.3 Å². The number of nitriles is 1.